The Hall–Kier alpha value is -2.34. The van der Waals surface area contributed by atoms with Crippen LogP contribution in [0.3, 0.4) is 0 Å². The van der Waals surface area contributed by atoms with Crippen molar-refractivity contribution < 1.29 is 14.3 Å². The van der Waals surface area contributed by atoms with Crippen molar-refractivity contribution in [2.45, 2.75) is 64.6 Å². The molecule has 2 amide bonds. The van der Waals surface area contributed by atoms with Gasteiger partial charge in [-0.2, -0.15) is 0 Å². The summed E-state index contributed by atoms with van der Waals surface area (Å²) < 4.78 is 4.85. The zero-order chi connectivity index (χ0) is 20.1. The zero-order valence-corrected chi connectivity index (χ0v) is 16.9. The van der Waals surface area contributed by atoms with E-state index in [-0.39, 0.29) is 29.1 Å². The van der Waals surface area contributed by atoms with Gasteiger partial charge in [0.25, 0.3) is 0 Å². The van der Waals surface area contributed by atoms with E-state index in [2.05, 4.69) is 43.6 Å². The van der Waals surface area contributed by atoms with Gasteiger partial charge in [-0.25, -0.2) is 9.59 Å². The number of anilines is 1. The Bertz CT molecular complexity index is 677. The van der Waals surface area contributed by atoms with Crippen LogP contribution in [0.2, 0.25) is 0 Å². The molecule has 6 nitrogen and oxygen atoms in total. The summed E-state index contributed by atoms with van der Waals surface area (Å²) >= 11 is 0. The van der Waals surface area contributed by atoms with E-state index in [9.17, 15) is 9.59 Å². The molecule has 0 atom stereocenters. The second kappa shape index (κ2) is 8.57. The Labute approximate surface area is 161 Å². The van der Waals surface area contributed by atoms with Crippen molar-refractivity contribution in [3.05, 3.63) is 35.9 Å². The fourth-order valence-electron chi connectivity index (χ4n) is 3.81. The highest BCUT2D eigenvalue weighted by Gasteiger charge is 2.38. The summed E-state index contributed by atoms with van der Waals surface area (Å²) in [5.41, 5.74) is 1.52. The molecule has 1 aliphatic rings. The molecule has 1 fully saturated rings. The molecule has 0 spiro atoms. The number of carbonyl (C=O) groups is 2. The first-order valence-electron chi connectivity index (χ1n) is 9.40. The molecule has 1 aliphatic heterocycles. The SMILES string of the molecule is CCOC(=O)/C=C\c1ccc(NC(=O)NC2CC(C)(C)NC(C)(C)C2)cc1. The number of piperidine rings is 1. The van der Waals surface area contributed by atoms with Gasteiger partial charge in [-0.1, -0.05) is 12.1 Å². The number of benzene rings is 1. The maximum absolute atomic E-state index is 12.4. The highest BCUT2D eigenvalue weighted by Crippen LogP contribution is 2.28. The minimum Gasteiger partial charge on any atom is -0.463 e. The summed E-state index contributed by atoms with van der Waals surface area (Å²) in [6, 6.07) is 7.19. The van der Waals surface area contributed by atoms with Gasteiger partial charge in [0, 0.05) is 28.9 Å². The van der Waals surface area contributed by atoms with Crippen LogP contribution >= 0.6 is 0 Å². The number of hydrogen-bond acceptors (Lipinski definition) is 4. The fourth-order valence-corrected chi connectivity index (χ4v) is 3.81. The molecule has 1 saturated heterocycles. The third-order valence-corrected chi connectivity index (χ3v) is 4.39. The van der Waals surface area contributed by atoms with Crippen LogP contribution in [-0.2, 0) is 9.53 Å². The highest BCUT2D eigenvalue weighted by atomic mass is 16.5. The molecule has 6 heteroatoms. The molecule has 0 radical (unpaired) electrons. The molecule has 3 N–H and O–H groups in total. The summed E-state index contributed by atoms with van der Waals surface area (Å²) in [6.45, 7) is 10.7. The predicted octanol–water partition coefficient (Wildman–Crippen LogP) is 3.69. The van der Waals surface area contributed by atoms with Crippen LogP contribution in [-0.4, -0.2) is 35.7 Å². The van der Waals surface area contributed by atoms with Crippen molar-refractivity contribution in [2.24, 2.45) is 0 Å². The lowest BCUT2D eigenvalue weighted by Crippen LogP contribution is -2.62. The molecule has 1 heterocycles. The molecule has 0 bridgehead atoms. The summed E-state index contributed by atoms with van der Waals surface area (Å²) in [4.78, 5) is 23.7. The molecule has 0 aliphatic carbocycles. The molecule has 1 aromatic rings. The lowest BCUT2D eigenvalue weighted by molar-refractivity contribution is -0.137. The van der Waals surface area contributed by atoms with Gasteiger partial charge >= 0.3 is 12.0 Å². The standard InChI is InChI=1S/C21H31N3O3/c1-6-27-18(25)12-9-15-7-10-16(11-8-15)22-19(26)23-17-13-20(2,3)24-21(4,5)14-17/h7-12,17,24H,6,13-14H2,1-5H3,(H2,22,23,26)/b12-9-. The maximum atomic E-state index is 12.4. The Morgan fingerprint density at radius 1 is 1.15 bits per heavy atom. The first kappa shape index (κ1) is 21.0. The first-order valence-corrected chi connectivity index (χ1v) is 9.40. The van der Waals surface area contributed by atoms with E-state index >= 15 is 0 Å². The Kier molecular flexibility index (Phi) is 6.65. The maximum Gasteiger partial charge on any atom is 0.330 e. The number of ether oxygens (including phenoxy) is 1. The quantitative estimate of drug-likeness (QED) is 0.543. The van der Waals surface area contributed by atoms with E-state index in [1.165, 1.54) is 6.08 Å². The minimum absolute atomic E-state index is 0.0212. The van der Waals surface area contributed by atoms with Gasteiger partial charge in [0.15, 0.2) is 0 Å². The molecule has 148 valence electrons. The van der Waals surface area contributed by atoms with E-state index in [4.69, 9.17) is 4.74 Å². The molecule has 27 heavy (non-hydrogen) atoms. The largest absolute Gasteiger partial charge is 0.463 e. The average Bonchev–Trinajstić information content (AvgIpc) is 2.51. The van der Waals surface area contributed by atoms with Crippen LogP contribution in [0.15, 0.2) is 30.3 Å². The normalized spacial score (nSPS) is 18.9. The summed E-state index contributed by atoms with van der Waals surface area (Å²) in [7, 11) is 0. The summed E-state index contributed by atoms with van der Waals surface area (Å²) in [6.07, 6.45) is 4.82. The minimum atomic E-state index is -0.369. The fraction of sp³-hybridized carbons (Fsp3) is 0.524. The van der Waals surface area contributed by atoms with Gasteiger partial charge in [-0.05, 0) is 71.2 Å². The van der Waals surface area contributed by atoms with Crippen LogP contribution in [0, 0.1) is 0 Å². The number of nitrogens with one attached hydrogen (secondary N) is 3. The smallest absolute Gasteiger partial charge is 0.330 e. The number of hydrogen-bond donors (Lipinski definition) is 3. The van der Waals surface area contributed by atoms with Gasteiger partial charge in [-0.15, -0.1) is 0 Å². The van der Waals surface area contributed by atoms with Crippen molar-refractivity contribution in [1.29, 1.82) is 0 Å². The van der Waals surface area contributed by atoms with Crippen LogP contribution in [0.25, 0.3) is 6.08 Å². The van der Waals surface area contributed by atoms with E-state index in [0.29, 0.717) is 12.3 Å². The monoisotopic (exact) mass is 373 g/mol. The molecule has 0 aromatic heterocycles. The van der Waals surface area contributed by atoms with Crippen molar-refractivity contribution in [3.63, 3.8) is 0 Å². The average molecular weight is 373 g/mol. The Morgan fingerprint density at radius 3 is 2.30 bits per heavy atom. The van der Waals surface area contributed by atoms with E-state index in [1.54, 1.807) is 25.1 Å². The number of amides is 2. The lowest BCUT2D eigenvalue weighted by atomic mass is 9.80. The van der Waals surface area contributed by atoms with Gasteiger partial charge in [0.1, 0.15) is 0 Å². The van der Waals surface area contributed by atoms with E-state index in [0.717, 1.165) is 18.4 Å². The van der Waals surface area contributed by atoms with Gasteiger partial charge in [0.05, 0.1) is 6.61 Å². The van der Waals surface area contributed by atoms with E-state index < -0.39 is 0 Å². The molecule has 0 saturated carbocycles. The number of rotatable bonds is 5. The van der Waals surface area contributed by atoms with Crippen molar-refractivity contribution in [3.8, 4) is 0 Å². The van der Waals surface area contributed by atoms with Gasteiger partial charge in [-0.3, -0.25) is 0 Å². The lowest BCUT2D eigenvalue weighted by Gasteiger charge is -2.46. The predicted molar refractivity (Wildman–Crippen MR) is 109 cm³/mol. The molecular formula is C21H31N3O3. The second-order valence-electron chi connectivity index (χ2n) is 8.30. The molecule has 2 rings (SSSR count). The van der Waals surface area contributed by atoms with Crippen molar-refractivity contribution >= 4 is 23.8 Å². The molecular weight excluding hydrogens is 342 g/mol. The van der Waals surface area contributed by atoms with Crippen LogP contribution in [0.1, 0.15) is 53.0 Å². The van der Waals surface area contributed by atoms with Gasteiger partial charge in [0.2, 0.25) is 0 Å². The molecule has 1 aromatic carbocycles. The highest BCUT2D eigenvalue weighted by molar-refractivity contribution is 5.90. The zero-order valence-electron chi connectivity index (χ0n) is 16.9. The molecule has 0 unspecified atom stereocenters. The van der Waals surface area contributed by atoms with Crippen LogP contribution < -0.4 is 16.0 Å². The number of urea groups is 1. The summed E-state index contributed by atoms with van der Waals surface area (Å²) in [5, 5.41) is 9.56. The second-order valence-corrected chi connectivity index (χ2v) is 8.30. The van der Waals surface area contributed by atoms with Crippen LogP contribution in [0.4, 0.5) is 10.5 Å². The van der Waals surface area contributed by atoms with E-state index in [1.807, 2.05) is 12.1 Å². The summed E-state index contributed by atoms with van der Waals surface area (Å²) in [5.74, 6) is -0.369. The van der Waals surface area contributed by atoms with Crippen molar-refractivity contribution in [2.75, 3.05) is 11.9 Å². The topological polar surface area (TPSA) is 79.5 Å². The van der Waals surface area contributed by atoms with Crippen molar-refractivity contribution in [1.82, 2.24) is 10.6 Å². The Morgan fingerprint density at radius 2 is 1.74 bits per heavy atom. The number of carbonyl (C=O) groups excluding carboxylic acids is 2. The van der Waals surface area contributed by atoms with Gasteiger partial charge < -0.3 is 20.7 Å². The van der Waals surface area contributed by atoms with Crippen LogP contribution in [0.5, 0.6) is 0 Å². The Balaban J connectivity index is 1.89. The third-order valence-electron chi connectivity index (χ3n) is 4.39. The number of esters is 1. The third kappa shape index (κ3) is 7.06. The first-order chi connectivity index (χ1) is 12.6.